The maximum atomic E-state index is 8.89. The van der Waals surface area contributed by atoms with Crippen LogP contribution >= 0.6 is 0 Å². The smallest absolute Gasteiger partial charge is 0.550 e. The first kappa shape index (κ1) is 23.7. The number of carboxylic acids is 2. The van der Waals surface area contributed by atoms with Gasteiger partial charge in [-0.3, -0.25) is 0 Å². The number of hydrogen-bond acceptors (Lipinski definition) is 6. The minimum absolute atomic E-state index is 0. The topological polar surface area (TPSA) is 127 Å². The first-order chi connectivity index (χ1) is 8.79. The van der Waals surface area contributed by atoms with Crippen LogP contribution in [0, 0.1) is 0 Å². The second-order valence-corrected chi connectivity index (χ2v) is 3.62. The van der Waals surface area contributed by atoms with Crippen LogP contribution in [0.1, 0.15) is 19.4 Å². The second kappa shape index (κ2) is 15.6. The molecule has 0 heterocycles. The van der Waals surface area contributed by atoms with Gasteiger partial charge >= 0.3 is 16.8 Å². The van der Waals surface area contributed by atoms with Crippen molar-refractivity contribution in [2.45, 2.75) is 26.3 Å². The molecule has 1 unspecified atom stereocenters. The van der Waals surface area contributed by atoms with Crippen LogP contribution in [0.25, 0.3) is 0 Å². The Labute approximate surface area is 128 Å². The summed E-state index contributed by atoms with van der Waals surface area (Å²) >= 11 is 0. The second-order valence-electron chi connectivity index (χ2n) is 3.62. The van der Waals surface area contributed by atoms with Gasteiger partial charge in [-0.25, -0.2) is 0 Å². The third kappa shape index (κ3) is 25.4. The zero-order valence-electron chi connectivity index (χ0n) is 11.4. The predicted octanol–water partition coefficient (Wildman–Crippen LogP) is -1.94. The molecule has 0 aliphatic rings. The molecule has 0 amide bonds. The van der Waals surface area contributed by atoms with Crippen molar-refractivity contribution in [2.75, 3.05) is 6.61 Å². The van der Waals surface area contributed by atoms with E-state index in [9.17, 15) is 0 Å². The van der Waals surface area contributed by atoms with Crippen molar-refractivity contribution >= 4 is 11.9 Å². The molecule has 0 saturated heterocycles. The molecule has 115 valence electrons. The third-order valence-corrected chi connectivity index (χ3v) is 1.58. The molecule has 1 atom stereocenters. The molecule has 0 aliphatic carbocycles. The van der Waals surface area contributed by atoms with Gasteiger partial charge in [0.2, 0.25) is 0 Å². The largest absolute Gasteiger partial charge is 2.00 e. The van der Waals surface area contributed by atoms with Gasteiger partial charge in [0.25, 0.3) is 0 Å². The summed E-state index contributed by atoms with van der Waals surface area (Å²) in [7, 11) is 0. The van der Waals surface area contributed by atoms with Crippen LogP contribution in [0.4, 0.5) is 0 Å². The first-order valence-electron chi connectivity index (χ1n) is 5.55. The van der Waals surface area contributed by atoms with Gasteiger partial charge < -0.3 is 30.6 Å². The Hall–Kier alpha value is -1.41. The number of aliphatic hydroxyl groups is 1. The average Bonchev–Trinajstić information content (AvgIpc) is 2.28. The van der Waals surface area contributed by atoms with Crippen LogP contribution in [0.3, 0.4) is 0 Å². The van der Waals surface area contributed by atoms with Crippen molar-refractivity contribution < 1.29 is 41.7 Å². The van der Waals surface area contributed by atoms with Crippen molar-refractivity contribution in [3.05, 3.63) is 35.9 Å². The minimum Gasteiger partial charge on any atom is -0.550 e. The van der Waals surface area contributed by atoms with Gasteiger partial charge in [-0.05, 0) is 25.8 Å². The molecule has 0 fully saturated rings. The van der Waals surface area contributed by atoms with Crippen LogP contribution in [0.5, 0.6) is 0 Å². The van der Waals surface area contributed by atoms with Gasteiger partial charge in [0.15, 0.2) is 0 Å². The number of nitrogens with two attached hydrogens (primary N) is 1. The Morgan fingerprint density at radius 2 is 1.50 bits per heavy atom. The van der Waals surface area contributed by atoms with E-state index in [1.807, 2.05) is 30.3 Å². The number of carboxylic acid groups (broad SMARTS) is 2. The Morgan fingerprint density at radius 1 is 1.15 bits per heavy atom. The third-order valence-electron chi connectivity index (χ3n) is 1.58. The molecule has 3 N–H and O–H groups in total. The quantitative estimate of drug-likeness (QED) is 0.665. The van der Waals surface area contributed by atoms with Crippen LogP contribution < -0.4 is 15.9 Å². The first-order valence-corrected chi connectivity index (χ1v) is 5.55. The van der Waals surface area contributed by atoms with Crippen molar-refractivity contribution in [1.82, 2.24) is 0 Å². The van der Waals surface area contributed by atoms with E-state index < -0.39 is 11.9 Å². The molecule has 1 rings (SSSR count). The zero-order valence-corrected chi connectivity index (χ0v) is 12.4. The Morgan fingerprint density at radius 3 is 1.80 bits per heavy atom. The molecule has 20 heavy (non-hydrogen) atoms. The van der Waals surface area contributed by atoms with Gasteiger partial charge in [0.05, 0.1) is 6.61 Å². The van der Waals surface area contributed by atoms with E-state index in [4.69, 9.17) is 30.6 Å². The number of carbonyl (C=O) groups excluding carboxylic acids is 2. The minimum atomic E-state index is -1.08. The number of rotatable bonds is 3. The average molecular weight is 328 g/mol. The van der Waals surface area contributed by atoms with E-state index in [1.54, 1.807) is 0 Å². The maximum absolute atomic E-state index is 8.89. The number of hydrogen-bond donors (Lipinski definition) is 2. The predicted molar refractivity (Wildman–Crippen MR) is 66.6 cm³/mol. The molecule has 0 aromatic heterocycles. The van der Waals surface area contributed by atoms with Gasteiger partial charge in [0, 0.05) is 18.0 Å². The summed E-state index contributed by atoms with van der Waals surface area (Å²) in [5.74, 6) is -2.17. The van der Waals surface area contributed by atoms with Crippen LogP contribution in [-0.2, 0) is 32.8 Å². The summed E-state index contributed by atoms with van der Waals surface area (Å²) in [6.45, 7) is 1.99. The molecule has 6 nitrogen and oxygen atoms in total. The summed E-state index contributed by atoms with van der Waals surface area (Å²) in [5, 5.41) is 26.4. The summed E-state index contributed by atoms with van der Waals surface area (Å²) < 4.78 is 0. The molecule has 1 aromatic carbocycles. The van der Waals surface area contributed by atoms with E-state index in [0.29, 0.717) is 0 Å². The molecule has 0 spiro atoms. The number of carbonyl (C=O) groups is 2. The molecule has 0 saturated carbocycles. The van der Waals surface area contributed by atoms with E-state index in [2.05, 4.69) is 0 Å². The van der Waals surface area contributed by atoms with Crippen LogP contribution in [0.15, 0.2) is 30.3 Å². The molecule has 7 heteroatoms. The molecule has 0 bridgehead atoms. The number of benzene rings is 1. The summed E-state index contributed by atoms with van der Waals surface area (Å²) in [4.78, 5) is 17.8. The van der Waals surface area contributed by atoms with E-state index >= 15 is 0 Å². The van der Waals surface area contributed by atoms with Crippen molar-refractivity contribution in [3.63, 3.8) is 0 Å². The number of aliphatic hydroxyl groups excluding tert-OH is 1. The standard InChI is InChI=1S/C9H13NO.2C2H4O2.Co/c10-9(7-11)6-8-4-2-1-3-5-8;2*1-2(3)4;/h1-5,9,11H,6-7,10H2;2*1H3,(H,3,4);/q;;;+2/p-2. The monoisotopic (exact) mass is 328 g/mol. The fraction of sp³-hybridized carbons (Fsp3) is 0.385. The maximum Gasteiger partial charge on any atom is 2.00 e. The summed E-state index contributed by atoms with van der Waals surface area (Å²) in [5.41, 5.74) is 6.73. The van der Waals surface area contributed by atoms with Crippen molar-refractivity contribution in [1.29, 1.82) is 0 Å². The van der Waals surface area contributed by atoms with E-state index in [1.165, 1.54) is 5.56 Å². The molecular weight excluding hydrogens is 309 g/mol. The van der Waals surface area contributed by atoms with E-state index in [-0.39, 0.29) is 29.4 Å². The SMILES string of the molecule is CC(=O)[O-].CC(=O)[O-].NC(CO)Cc1ccccc1.[Co+2]. The summed E-state index contributed by atoms with van der Waals surface area (Å²) in [6, 6.07) is 9.80. The normalized spacial score (nSPS) is 9.60. The molecule has 1 radical (unpaired) electrons. The Balaban J connectivity index is -0.000000272. The van der Waals surface area contributed by atoms with Gasteiger partial charge in [-0.15, -0.1) is 0 Å². The van der Waals surface area contributed by atoms with Gasteiger partial charge in [0.1, 0.15) is 0 Å². The van der Waals surface area contributed by atoms with Crippen molar-refractivity contribution in [3.8, 4) is 0 Å². The fourth-order valence-corrected chi connectivity index (χ4v) is 0.981. The Bertz CT molecular complexity index is 339. The van der Waals surface area contributed by atoms with Crippen LogP contribution in [0.2, 0.25) is 0 Å². The molecular formula is C13H19CoNO5. The number of aliphatic carboxylic acids is 2. The summed E-state index contributed by atoms with van der Waals surface area (Å²) in [6.07, 6.45) is 0.747. The fourth-order valence-electron chi connectivity index (χ4n) is 0.981. The van der Waals surface area contributed by atoms with Crippen molar-refractivity contribution in [2.24, 2.45) is 5.73 Å². The van der Waals surface area contributed by atoms with Gasteiger partial charge in [-0.1, -0.05) is 30.3 Å². The van der Waals surface area contributed by atoms with Gasteiger partial charge in [-0.2, -0.15) is 0 Å². The van der Waals surface area contributed by atoms with Crippen LogP contribution in [-0.4, -0.2) is 29.7 Å². The Kier molecular flexibility index (Phi) is 18.5. The molecule has 0 aliphatic heterocycles. The zero-order chi connectivity index (χ0) is 15.3. The molecule has 1 aromatic rings. The van der Waals surface area contributed by atoms with E-state index in [0.717, 1.165) is 20.3 Å².